The molecule has 3 rings (SSSR count). The van der Waals surface area contributed by atoms with E-state index in [0.717, 1.165) is 24.0 Å². The summed E-state index contributed by atoms with van der Waals surface area (Å²) in [5.41, 5.74) is 2.11. The minimum Gasteiger partial charge on any atom is -0.490 e. The summed E-state index contributed by atoms with van der Waals surface area (Å²) >= 11 is 0. The number of nitriles is 1. The third kappa shape index (κ3) is 7.17. The summed E-state index contributed by atoms with van der Waals surface area (Å²) in [6.45, 7) is 7.25. The molecule has 2 aromatic carbocycles. The van der Waals surface area contributed by atoms with Crippen molar-refractivity contribution in [1.82, 2.24) is 5.32 Å². The Kier molecular flexibility index (Phi) is 9.60. The minimum atomic E-state index is -0.463. The van der Waals surface area contributed by atoms with Gasteiger partial charge in [0.1, 0.15) is 18.2 Å². The zero-order valence-electron chi connectivity index (χ0n) is 20.2. The average Bonchev–Trinajstić information content (AvgIpc) is 3.40. The van der Waals surface area contributed by atoms with Gasteiger partial charge in [0, 0.05) is 30.8 Å². The third-order valence-electron chi connectivity index (χ3n) is 5.54. The lowest BCUT2D eigenvalue weighted by Crippen LogP contribution is -2.32. The number of carbonyl (C=O) groups is 1. The summed E-state index contributed by atoms with van der Waals surface area (Å²) in [5.74, 6) is 0.505. The molecule has 1 aliphatic rings. The maximum Gasteiger partial charge on any atom is 0.269 e. The zero-order valence-corrected chi connectivity index (χ0v) is 20.2. The lowest BCUT2D eigenvalue weighted by molar-refractivity contribution is -0.384. The van der Waals surface area contributed by atoms with Gasteiger partial charge in [0.25, 0.3) is 11.6 Å². The van der Waals surface area contributed by atoms with Gasteiger partial charge in [0.2, 0.25) is 0 Å². The first-order chi connectivity index (χ1) is 17.4. The second-order valence-corrected chi connectivity index (χ2v) is 8.16. The van der Waals surface area contributed by atoms with Crippen LogP contribution in [0.5, 0.6) is 11.5 Å². The fourth-order valence-electron chi connectivity index (χ4n) is 3.79. The number of nitro groups is 1. The van der Waals surface area contributed by atoms with Gasteiger partial charge in [-0.1, -0.05) is 6.08 Å². The number of hydrogen-bond donors (Lipinski definition) is 1. The van der Waals surface area contributed by atoms with Crippen LogP contribution in [-0.2, 0) is 22.6 Å². The van der Waals surface area contributed by atoms with Gasteiger partial charge in [-0.3, -0.25) is 14.9 Å². The molecule has 1 fully saturated rings. The fraction of sp³-hybridized carbons (Fsp3) is 0.333. The van der Waals surface area contributed by atoms with Crippen LogP contribution in [0.3, 0.4) is 0 Å². The van der Waals surface area contributed by atoms with E-state index in [1.54, 1.807) is 24.3 Å². The molecular weight excluding hydrogens is 462 g/mol. The van der Waals surface area contributed by atoms with E-state index in [1.165, 1.54) is 18.2 Å². The quantitative estimate of drug-likeness (QED) is 0.152. The molecule has 0 spiro atoms. The summed E-state index contributed by atoms with van der Waals surface area (Å²) < 4.78 is 17.4. The monoisotopic (exact) mass is 491 g/mol. The molecule has 9 heteroatoms. The largest absolute Gasteiger partial charge is 0.490 e. The minimum absolute atomic E-state index is 0.00495. The molecule has 1 unspecified atom stereocenters. The van der Waals surface area contributed by atoms with Crippen LogP contribution < -0.4 is 14.8 Å². The van der Waals surface area contributed by atoms with Crippen LogP contribution in [0.2, 0.25) is 0 Å². The molecule has 1 N–H and O–H groups in total. The molecule has 36 heavy (non-hydrogen) atoms. The van der Waals surface area contributed by atoms with Crippen LogP contribution in [0.25, 0.3) is 6.08 Å². The first-order valence-electron chi connectivity index (χ1n) is 11.7. The Hall–Kier alpha value is -4.16. The van der Waals surface area contributed by atoms with Crippen LogP contribution >= 0.6 is 0 Å². The smallest absolute Gasteiger partial charge is 0.269 e. The van der Waals surface area contributed by atoms with Crippen molar-refractivity contribution in [3.8, 4) is 17.6 Å². The Morgan fingerprint density at radius 1 is 1.33 bits per heavy atom. The maximum absolute atomic E-state index is 12.6. The van der Waals surface area contributed by atoms with Gasteiger partial charge in [-0.15, -0.1) is 6.58 Å². The van der Waals surface area contributed by atoms with Gasteiger partial charge in [0.15, 0.2) is 11.5 Å². The van der Waals surface area contributed by atoms with Gasteiger partial charge in [0.05, 0.1) is 17.6 Å². The number of amides is 1. The Morgan fingerprint density at radius 2 is 2.11 bits per heavy atom. The van der Waals surface area contributed by atoms with Crippen LogP contribution in [0.15, 0.2) is 54.6 Å². The molecule has 1 saturated heterocycles. The van der Waals surface area contributed by atoms with E-state index < -0.39 is 10.8 Å². The molecule has 2 aromatic rings. The van der Waals surface area contributed by atoms with Gasteiger partial charge in [-0.2, -0.15) is 5.26 Å². The number of allylic oxidation sites excluding steroid dienone is 1. The summed E-state index contributed by atoms with van der Waals surface area (Å²) in [4.78, 5) is 23.0. The normalized spacial score (nSPS) is 15.1. The van der Waals surface area contributed by atoms with Crippen molar-refractivity contribution < 1.29 is 23.9 Å². The van der Waals surface area contributed by atoms with E-state index in [0.29, 0.717) is 43.2 Å². The molecule has 9 nitrogen and oxygen atoms in total. The predicted octanol–water partition coefficient (Wildman–Crippen LogP) is 4.50. The fourth-order valence-corrected chi connectivity index (χ4v) is 3.79. The average molecular weight is 492 g/mol. The summed E-state index contributed by atoms with van der Waals surface area (Å²) in [5, 5.41) is 23.2. The Labute approximate surface area is 210 Å². The van der Waals surface area contributed by atoms with Crippen molar-refractivity contribution in [1.29, 1.82) is 5.26 Å². The van der Waals surface area contributed by atoms with Crippen molar-refractivity contribution in [3.05, 3.63) is 81.4 Å². The van der Waals surface area contributed by atoms with Gasteiger partial charge in [-0.25, -0.2) is 0 Å². The lowest BCUT2D eigenvalue weighted by Gasteiger charge is -2.17. The predicted molar refractivity (Wildman–Crippen MR) is 135 cm³/mol. The molecular formula is C27H29N3O6. The van der Waals surface area contributed by atoms with E-state index in [2.05, 4.69) is 11.9 Å². The van der Waals surface area contributed by atoms with E-state index in [1.807, 2.05) is 19.1 Å². The summed E-state index contributed by atoms with van der Waals surface area (Å²) in [6, 6.07) is 11.6. The summed E-state index contributed by atoms with van der Waals surface area (Å²) in [6.07, 6.45) is 5.52. The van der Waals surface area contributed by atoms with Crippen LogP contribution in [0.4, 0.5) is 5.69 Å². The van der Waals surface area contributed by atoms with Crippen molar-refractivity contribution >= 4 is 17.7 Å². The van der Waals surface area contributed by atoms with Crippen LogP contribution in [0.1, 0.15) is 36.5 Å². The SMILES string of the molecule is C=CCc1cc(C=C(C#N)C(=O)NCC2CCCO2)cc(OCC)c1OCc1ccc([N+](=O)[O-])cc1. The van der Waals surface area contributed by atoms with Crippen molar-refractivity contribution in [2.24, 2.45) is 0 Å². The topological polar surface area (TPSA) is 124 Å². The Bertz CT molecular complexity index is 1160. The molecule has 188 valence electrons. The van der Waals surface area contributed by atoms with E-state index in [-0.39, 0.29) is 24.0 Å². The van der Waals surface area contributed by atoms with Gasteiger partial charge in [-0.05, 0) is 67.7 Å². The summed E-state index contributed by atoms with van der Waals surface area (Å²) in [7, 11) is 0. The van der Waals surface area contributed by atoms with Crippen molar-refractivity contribution in [2.45, 2.75) is 38.9 Å². The molecule has 0 saturated carbocycles. The van der Waals surface area contributed by atoms with Crippen molar-refractivity contribution in [3.63, 3.8) is 0 Å². The van der Waals surface area contributed by atoms with Crippen LogP contribution in [-0.4, -0.2) is 36.7 Å². The molecule has 0 radical (unpaired) electrons. The number of carbonyl (C=O) groups excluding carboxylic acids is 1. The van der Waals surface area contributed by atoms with Crippen LogP contribution in [0, 0.1) is 21.4 Å². The second-order valence-electron chi connectivity index (χ2n) is 8.16. The number of rotatable bonds is 12. The Morgan fingerprint density at radius 3 is 2.72 bits per heavy atom. The van der Waals surface area contributed by atoms with E-state index in [9.17, 15) is 20.2 Å². The van der Waals surface area contributed by atoms with Gasteiger partial charge < -0.3 is 19.5 Å². The molecule has 1 aliphatic heterocycles. The number of non-ortho nitro benzene ring substituents is 1. The van der Waals surface area contributed by atoms with Gasteiger partial charge >= 0.3 is 0 Å². The molecule has 0 aliphatic carbocycles. The highest BCUT2D eigenvalue weighted by molar-refractivity contribution is 6.01. The van der Waals surface area contributed by atoms with E-state index >= 15 is 0 Å². The maximum atomic E-state index is 12.6. The number of nitro benzene ring substituents is 1. The number of nitrogens with zero attached hydrogens (tertiary/aromatic N) is 2. The zero-order chi connectivity index (χ0) is 25.9. The molecule has 1 atom stereocenters. The highest BCUT2D eigenvalue weighted by Gasteiger charge is 2.19. The number of ether oxygens (including phenoxy) is 3. The van der Waals surface area contributed by atoms with E-state index in [4.69, 9.17) is 14.2 Å². The van der Waals surface area contributed by atoms with Crippen molar-refractivity contribution in [2.75, 3.05) is 19.8 Å². The molecule has 0 aromatic heterocycles. The molecule has 0 bridgehead atoms. The highest BCUT2D eigenvalue weighted by Crippen LogP contribution is 2.35. The lowest BCUT2D eigenvalue weighted by atomic mass is 10.0. The third-order valence-corrected chi connectivity index (χ3v) is 5.54. The standard InChI is InChI=1S/C27H29N3O6/c1-3-6-21-13-20(14-22(16-28)27(31)29-17-24-7-5-12-35-24)15-25(34-4-2)26(21)36-18-19-8-10-23(11-9-19)30(32)33/h3,8-11,13-15,24H,1,4-7,12,17-18H2,2H3,(H,29,31). The molecule has 1 amide bonds. The highest BCUT2D eigenvalue weighted by atomic mass is 16.6. The second kappa shape index (κ2) is 13.1. The first-order valence-corrected chi connectivity index (χ1v) is 11.7. The molecule has 1 heterocycles. The number of benzene rings is 2. The first kappa shape index (κ1) is 26.4. The number of hydrogen-bond acceptors (Lipinski definition) is 7. The Balaban J connectivity index is 1.83. The number of nitrogens with one attached hydrogen (secondary N) is 1.